The molecule has 1 amide bonds. The molecule has 2 aromatic rings. The van der Waals surface area contributed by atoms with Gasteiger partial charge in [0, 0.05) is 5.69 Å². The summed E-state index contributed by atoms with van der Waals surface area (Å²) in [5.41, 5.74) is 1.10. The first-order valence-corrected chi connectivity index (χ1v) is 7.63. The van der Waals surface area contributed by atoms with Crippen molar-refractivity contribution in [1.29, 1.82) is 5.26 Å². The maximum absolute atomic E-state index is 12.2. The molecule has 0 aliphatic carbocycles. The minimum Gasteiger partial charge on any atom is -0.490 e. The van der Waals surface area contributed by atoms with Gasteiger partial charge < -0.3 is 15.2 Å². The highest BCUT2D eigenvalue weighted by Gasteiger charge is 2.10. The first-order chi connectivity index (χ1) is 12.5. The van der Waals surface area contributed by atoms with E-state index in [0.29, 0.717) is 23.6 Å². The Morgan fingerprint density at radius 2 is 1.81 bits per heavy atom. The summed E-state index contributed by atoms with van der Waals surface area (Å²) < 4.78 is 5.37. The molecular formula is C20H16N2O4. The second kappa shape index (κ2) is 8.85. The number of aromatic carboxylic acids is 1. The van der Waals surface area contributed by atoms with E-state index < -0.39 is 11.9 Å². The smallest absolute Gasteiger partial charge is 0.335 e. The van der Waals surface area contributed by atoms with E-state index in [1.807, 2.05) is 6.07 Å². The SMILES string of the molecule is C=CCOc1ccc(/C=C(\C#N)C(=O)Nc2ccc(C(=O)O)cc2)cc1. The monoisotopic (exact) mass is 348 g/mol. The van der Waals surface area contributed by atoms with Crippen molar-refractivity contribution >= 4 is 23.6 Å². The van der Waals surface area contributed by atoms with Crippen LogP contribution in [0.2, 0.25) is 0 Å². The predicted molar refractivity (Wildman–Crippen MR) is 97.8 cm³/mol. The number of hydrogen-bond donors (Lipinski definition) is 2. The molecule has 0 bridgehead atoms. The van der Waals surface area contributed by atoms with E-state index in [4.69, 9.17) is 9.84 Å². The number of ether oxygens (including phenoxy) is 1. The number of carboxylic acid groups (broad SMARTS) is 1. The van der Waals surface area contributed by atoms with Gasteiger partial charge >= 0.3 is 5.97 Å². The molecule has 0 atom stereocenters. The summed E-state index contributed by atoms with van der Waals surface area (Å²) in [7, 11) is 0. The van der Waals surface area contributed by atoms with Gasteiger partial charge in [-0.2, -0.15) is 5.26 Å². The van der Waals surface area contributed by atoms with Crippen LogP contribution in [0.5, 0.6) is 5.75 Å². The lowest BCUT2D eigenvalue weighted by Crippen LogP contribution is -2.13. The Bertz CT molecular complexity index is 876. The lowest BCUT2D eigenvalue weighted by atomic mass is 10.1. The van der Waals surface area contributed by atoms with Gasteiger partial charge in [-0.25, -0.2) is 4.79 Å². The Kier molecular flexibility index (Phi) is 6.29. The molecule has 0 aromatic heterocycles. The summed E-state index contributed by atoms with van der Waals surface area (Å²) in [6.07, 6.45) is 3.09. The molecule has 0 saturated carbocycles. The van der Waals surface area contributed by atoms with Crippen LogP contribution in [0.25, 0.3) is 6.08 Å². The number of carbonyl (C=O) groups is 2. The van der Waals surface area contributed by atoms with Crippen LogP contribution in [0, 0.1) is 11.3 Å². The van der Waals surface area contributed by atoms with E-state index in [9.17, 15) is 14.9 Å². The fourth-order valence-corrected chi connectivity index (χ4v) is 2.03. The summed E-state index contributed by atoms with van der Waals surface area (Å²) in [5.74, 6) is -0.980. The number of amides is 1. The number of nitrogens with one attached hydrogen (secondary N) is 1. The van der Waals surface area contributed by atoms with Gasteiger partial charge in [0.2, 0.25) is 0 Å². The fraction of sp³-hybridized carbons (Fsp3) is 0.0500. The zero-order chi connectivity index (χ0) is 18.9. The van der Waals surface area contributed by atoms with Crippen molar-refractivity contribution in [2.45, 2.75) is 0 Å². The molecule has 0 radical (unpaired) electrons. The van der Waals surface area contributed by atoms with Crippen molar-refractivity contribution < 1.29 is 19.4 Å². The Morgan fingerprint density at radius 1 is 1.15 bits per heavy atom. The molecule has 2 N–H and O–H groups in total. The van der Waals surface area contributed by atoms with Crippen molar-refractivity contribution in [1.82, 2.24) is 0 Å². The lowest BCUT2D eigenvalue weighted by molar-refractivity contribution is -0.112. The van der Waals surface area contributed by atoms with E-state index in [1.54, 1.807) is 30.3 Å². The zero-order valence-electron chi connectivity index (χ0n) is 13.8. The zero-order valence-corrected chi connectivity index (χ0v) is 13.8. The van der Waals surface area contributed by atoms with E-state index in [-0.39, 0.29) is 11.1 Å². The van der Waals surface area contributed by atoms with Crippen LogP contribution < -0.4 is 10.1 Å². The van der Waals surface area contributed by atoms with E-state index in [2.05, 4.69) is 11.9 Å². The van der Waals surface area contributed by atoms with E-state index in [0.717, 1.165) is 0 Å². The average molecular weight is 348 g/mol. The van der Waals surface area contributed by atoms with Crippen LogP contribution in [0.3, 0.4) is 0 Å². The number of benzene rings is 2. The summed E-state index contributed by atoms with van der Waals surface area (Å²) >= 11 is 0. The third-order valence-corrected chi connectivity index (χ3v) is 3.31. The Balaban J connectivity index is 2.10. The number of nitriles is 1. The van der Waals surface area contributed by atoms with Crippen molar-refractivity contribution in [3.05, 3.63) is 77.9 Å². The third kappa shape index (κ3) is 5.08. The molecule has 0 unspecified atom stereocenters. The normalized spacial score (nSPS) is 10.5. The summed E-state index contributed by atoms with van der Waals surface area (Å²) in [6, 6.07) is 14.4. The van der Waals surface area contributed by atoms with Crippen LogP contribution in [-0.4, -0.2) is 23.6 Å². The molecule has 0 aliphatic heterocycles. The number of anilines is 1. The van der Waals surface area contributed by atoms with Crippen molar-refractivity contribution in [3.8, 4) is 11.8 Å². The fourth-order valence-electron chi connectivity index (χ4n) is 2.03. The van der Waals surface area contributed by atoms with E-state index >= 15 is 0 Å². The maximum atomic E-state index is 12.2. The van der Waals surface area contributed by atoms with Crippen LogP contribution in [-0.2, 0) is 4.79 Å². The number of rotatable bonds is 7. The highest BCUT2D eigenvalue weighted by molar-refractivity contribution is 6.09. The van der Waals surface area contributed by atoms with Crippen molar-refractivity contribution in [2.24, 2.45) is 0 Å². The van der Waals surface area contributed by atoms with Gasteiger partial charge in [-0.1, -0.05) is 24.8 Å². The molecule has 130 valence electrons. The summed E-state index contributed by atoms with van der Waals surface area (Å²) in [5, 5.41) is 20.7. The van der Waals surface area contributed by atoms with Gasteiger partial charge in [0.15, 0.2) is 0 Å². The molecular weight excluding hydrogens is 332 g/mol. The predicted octanol–water partition coefficient (Wildman–Crippen LogP) is 3.50. The summed E-state index contributed by atoms with van der Waals surface area (Å²) in [6.45, 7) is 3.96. The largest absolute Gasteiger partial charge is 0.490 e. The Hall–Kier alpha value is -3.85. The number of hydrogen-bond acceptors (Lipinski definition) is 4. The molecule has 0 fully saturated rings. The maximum Gasteiger partial charge on any atom is 0.335 e. The molecule has 2 rings (SSSR count). The first kappa shape index (κ1) is 18.5. The number of carboxylic acids is 1. The Morgan fingerprint density at radius 3 is 2.35 bits per heavy atom. The van der Waals surface area contributed by atoms with Gasteiger partial charge in [0.1, 0.15) is 24.0 Å². The Labute approximate surface area is 150 Å². The second-order valence-electron chi connectivity index (χ2n) is 5.18. The quantitative estimate of drug-likeness (QED) is 0.453. The van der Waals surface area contributed by atoms with Gasteiger partial charge in [-0.3, -0.25) is 4.79 Å². The lowest BCUT2D eigenvalue weighted by Gasteiger charge is -2.05. The van der Waals surface area contributed by atoms with Crippen LogP contribution in [0.15, 0.2) is 66.8 Å². The van der Waals surface area contributed by atoms with Crippen LogP contribution >= 0.6 is 0 Å². The molecule has 0 heterocycles. The molecule has 0 spiro atoms. The van der Waals surface area contributed by atoms with Crippen molar-refractivity contribution in [2.75, 3.05) is 11.9 Å². The first-order valence-electron chi connectivity index (χ1n) is 7.63. The molecule has 6 heteroatoms. The number of carbonyl (C=O) groups excluding carboxylic acids is 1. The van der Waals surface area contributed by atoms with Gasteiger partial charge in [0.05, 0.1) is 5.56 Å². The van der Waals surface area contributed by atoms with Crippen LogP contribution in [0.1, 0.15) is 15.9 Å². The molecule has 0 aliphatic rings. The molecule has 0 saturated heterocycles. The minimum absolute atomic E-state index is 0.0768. The number of nitrogens with zero attached hydrogens (tertiary/aromatic N) is 1. The highest BCUT2D eigenvalue weighted by Crippen LogP contribution is 2.16. The molecule has 2 aromatic carbocycles. The molecule has 26 heavy (non-hydrogen) atoms. The van der Waals surface area contributed by atoms with E-state index in [1.165, 1.54) is 30.3 Å². The van der Waals surface area contributed by atoms with Crippen molar-refractivity contribution in [3.63, 3.8) is 0 Å². The van der Waals surface area contributed by atoms with Gasteiger partial charge in [-0.15, -0.1) is 0 Å². The highest BCUT2D eigenvalue weighted by atomic mass is 16.5. The van der Waals surface area contributed by atoms with Gasteiger partial charge in [0.25, 0.3) is 5.91 Å². The standard InChI is InChI=1S/C20H16N2O4/c1-2-11-26-18-9-3-14(4-10-18)12-16(13-21)19(23)22-17-7-5-15(6-8-17)20(24)25/h2-10,12H,1,11H2,(H,22,23)(H,24,25)/b16-12+. The minimum atomic E-state index is -1.05. The third-order valence-electron chi connectivity index (χ3n) is 3.31. The summed E-state index contributed by atoms with van der Waals surface area (Å²) in [4.78, 5) is 23.0. The van der Waals surface area contributed by atoms with Gasteiger partial charge in [-0.05, 0) is 48.0 Å². The van der Waals surface area contributed by atoms with Crippen LogP contribution in [0.4, 0.5) is 5.69 Å². The average Bonchev–Trinajstić information content (AvgIpc) is 2.65. The topological polar surface area (TPSA) is 99.4 Å². The second-order valence-corrected chi connectivity index (χ2v) is 5.18. The molecule has 6 nitrogen and oxygen atoms in total.